The lowest BCUT2D eigenvalue weighted by Crippen LogP contribution is -2.31. The average Bonchev–Trinajstić information content (AvgIpc) is 3.25. The Hall–Kier alpha value is -1.06. The van der Waals surface area contributed by atoms with E-state index in [9.17, 15) is 0 Å². The van der Waals surface area contributed by atoms with Gasteiger partial charge < -0.3 is 4.74 Å². The normalized spacial score (nSPS) is 25.2. The maximum absolute atomic E-state index is 5.90. The Balaban J connectivity index is 1.83. The van der Waals surface area contributed by atoms with Crippen LogP contribution in [0.1, 0.15) is 52.1 Å². The Bertz CT molecular complexity index is 491. The summed E-state index contributed by atoms with van der Waals surface area (Å²) >= 11 is 0. The third-order valence-corrected chi connectivity index (χ3v) is 5.69. The maximum atomic E-state index is 5.90. The van der Waals surface area contributed by atoms with Crippen LogP contribution < -0.4 is 16.0 Å². The zero-order chi connectivity index (χ0) is 14.5. The smallest absolute Gasteiger partial charge is 0.120 e. The zero-order valence-corrected chi connectivity index (χ0v) is 12.9. The van der Waals surface area contributed by atoms with E-state index in [1.807, 2.05) is 6.07 Å². The van der Waals surface area contributed by atoms with Gasteiger partial charge in [0.2, 0.25) is 0 Å². The van der Waals surface area contributed by atoms with E-state index in [2.05, 4.69) is 51.3 Å². The van der Waals surface area contributed by atoms with Crippen LogP contribution in [0.5, 0.6) is 5.75 Å². The number of nitrogens with two attached hydrogens (primary N) is 1. The number of hydrazine groups is 1. The number of ether oxygens (including phenoxy) is 1. The molecular formula is C17H26N2O. The molecule has 0 amide bonds. The molecule has 3 nitrogen and oxygen atoms in total. The second-order valence-corrected chi connectivity index (χ2v) is 7.46. The summed E-state index contributed by atoms with van der Waals surface area (Å²) in [6.07, 6.45) is 2.81. The lowest BCUT2D eigenvalue weighted by Gasteiger charge is -2.19. The van der Waals surface area contributed by atoms with Crippen molar-refractivity contribution >= 4 is 0 Å². The van der Waals surface area contributed by atoms with Gasteiger partial charge in [-0.25, -0.2) is 0 Å². The molecule has 0 radical (unpaired) electrons. The van der Waals surface area contributed by atoms with Crippen molar-refractivity contribution in [3.8, 4) is 5.75 Å². The second kappa shape index (κ2) is 4.47. The molecule has 3 N–H and O–H groups in total. The van der Waals surface area contributed by atoms with Gasteiger partial charge in [-0.2, -0.15) is 0 Å². The second-order valence-electron chi connectivity index (χ2n) is 7.46. The Morgan fingerprint density at radius 1 is 1.20 bits per heavy atom. The molecule has 0 saturated heterocycles. The molecule has 1 atom stereocenters. The van der Waals surface area contributed by atoms with Crippen molar-refractivity contribution in [2.45, 2.75) is 52.7 Å². The van der Waals surface area contributed by atoms with Crippen molar-refractivity contribution in [3.05, 3.63) is 29.8 Å². The third kappa shape index (κ3) is 2.13. The van der Waals surface area contributed by atoms with Gasteiger partial charge in [0, 0.05) is 6.04 Å². The first kappa shape index (κ1) is 13.9. The van der Waals surface area contributed by atoms with Gasteiger partial charge in [0.25, 0.3) is 0 Å². The third-order valence-electron chi connectivity index (χ3n) is 5.69. The number of rotatable bonds is 5. The highest BCUT2D eigenvalue weighted by Gasteiger charge is 2.67. The van der Waals surface area contributed by atoms with Gasteiger partial charge in [0.1, 0.15) is 5.75 Å². The first-order valence-corrected chi connectivity index (χ1v) is 7.60. The molecule has 1 aromatic carbocycles. The minimum atomic E-state index is 0.183. The van der Waals surface area contributed by atoms with E-state index in [0.717, 1.165) is 5.75 Å². The topological polar surface area (TPSA) is 47.3 Å². The van der Waals surface area contributed by atoms with Gasteiger partial charge in [-0.3, -0.25) is 11.3 Å². The van der Waals surface area contributed by atoms with Crippen molar-refractivity contribution in [2.24, 2.45) is 22.6 Å². The monoisotopic (exact) mass is 274 g/mol. The molecule has 1 aromatic rings. The molecule has 2 saturated carbocycles. The van der Waals surface area contributed by atoms with E-state index < -0.39 is 0 Å². The summed E-state index contributed by atoms with van der Waals surface area (Å²) in [6, 6.07) is 8.59. The van der Waals surface area contributed by atoms with Crippen LogP contribution in [0.4, 0.5) is 0 Å². The van der Waals surface area contributed by atoms with Crippen molar-refractivity contribution in [2.75, 3.05) is 0 Å². The molecule has 2 aliphatic rings. The van der Waals surface area contributed by atoms with Crippen LogP contribution in [-0.4, -0.2) is 6.10 Å². The van der Waals surface area contributed by atoms with E-state index in [1.165, 1.54) is 18.4 Å². The highest BCUT2D eigenvalue weighted by Crippen LogP contribution is 2.72. The van der Waals surface area contributed by atoms with Crippen LogP contribution in [0.3, 0.4) is 0 Å². The first-order chi connectivity index (χ1) is 9.38. The minimum absolute atomic E-state index is 0.183. The number of benzene rings is 1. The summed E-state index contributed by atoms with van der Waals surface area (Å²) in [6.45, 7) is 9.30. The maximum Gasteiger partial charge on any atom is 0.120 e. The highest BCUT2D eigenvalue weighted by molar-refractivity contribution is 5.34. The van der Waals surface area contributed by atoms with Crippen LogP contribution in [0.15, 0.2) is 24.3 Å². The summed E-state index contributed by atoms with van der Waals surface area (Å²) in [7, 11) is 0. The molecule has 0 bridgehead atoms. The molecular weight excluding hydrogens is 248 g/mol. The fourth-order valence-electron chi connectivity index (χ4n) is 3.63. The summed E-state index contributed by atoms with van der Waals surface area (Å²) in [5.74, 6) is 7.37. The Morgan fingerprint density at radius 3 is 2.35 bits per heavy atom. The predicted molar refractivity (Wildman–Crippen MR) is 81.2 cm³/mol. The Kier molecular flexibility index (Phi) is 3.11. The van der Waals surface area contributed by atoms with Gasteiger partial charge in [0.15, 0.2) is 0 Å². The molecule has 0 aliphatic heterocycles. The summed E-state index contributed by atoms with van der Waals surface area (Å²) in [5.41, 5.74) is 4.87. The fraction of sp³-hybridized carbons (Fsp3) is 0.647. The van der Waals surface area contributed by atoms with Gasteiger partial charge in [-0.15, -0.1) is 0 Å². The van der Waals surface area contributed by atoms with Crippen molar-refractivity contribution in [3.63, 3.8) is 0 Å². The molecule has 2 aliphatic carbocycles. The van der Waals surface area contributed by atoms with Gasteiger partial charge in [-0.05, 0) is 47.3 Å². The molecule has 0 aromatic heterocycles. The predicted octanol–water partition coefficient (Wildman–Crippen LogP) is 3.41. The van der Waals surface area contributed by atoms with Gasteiger partial charge >= 0.3 is 0 Å². The minimum Gasteiger partial charge on any atom is -0.490 e. The van der Waals surface area contributed by atoms with E-state index in [1.54, 1.807) is 0 Å². The van der Waals surface area contributed by atoms with Crippen molar-refractivity contribution in [1.29, 1.82) is 0 Å². The van der Waals surface area contributed by atoms with Gasteiger partial charge in [-0.1, -0.05) is 39.8 Å². The lowest BCUT2D eigenvalue weighted by molar-refractivity contribution is 0.302. The molecule has 3 heteroatoms. The molecule has 110 valence electrons. The van der Waals surface area contributed by atoms with Crippen LogP contribution in [0.2, 0.25) is 0 Å². The SMILES string of the molecule is CC1(C)C(C(NN)c2cccc(OC3CC3)c2)C1(C)C. The average molecular weight is 274 g/mol. The fourth-order valence-corrected chi connectivity index (χ4v) is 3.63. The zero-order valence-electron chi connectivity index (χ0n) is 12.9. The molecule has 3 rings (SSSR count). The Labute approximate surface area is 121 Å². The van der Waals surface area contributed by atoms with Gasteiger partial charge in [0.05, 0.1) is 6.10 Å². The molecule has 1 unspecified atom stereocenters. The molecule has 0 heterocycles. The summed E-state index contributed by atoms with van der Waals surface area (Å²) in [4.78, 5) is 0. The summed E-state index contributed by atoms with van der Waals surface area (Å²) < 4.78 is 5.90. The highest BCUT2D eigenvalue weighted by atomic mass is 16.5. The molecule has 20 heavy (non-hydrogen) atoms. The number of nitrogens with one attached hydrogen (secondary N) is 1. The first-order valence-electron chi connectivity index (χ1n) is 7.60. The van der Waals surface area contributed by atoms with Crippen molar-refractivity contribution in [1.82, 2.24) is 5.43 Å². The van der Waals surface area contributed by atoms with Crippen LogP contribution in [-0.2, 0) is 0 Å². The van der Waals surface area contributed by atoms with E-state index in [4.69, 9.17) is 10.6 Å². The van der Waals surface area contributed by atoms with E-state index in [-0.39, 0.29) is 6.04 Å². The number of hydrogen-bond acceptors (Lipinski definition) is 3. The van der Waals surface area contributed by atoms with Crippen LogP contribution >= 0.6 is 0 Å². The molecule has 2 fully saturated rings. The van der Waals surface area contributed by atoms with E-state index >= 15 is 0 Å². The Morgan fingerprint density at radius 2 is 1.85 bits per heavy atom. The quantitative estimate of drug-likeness (QED) is 0.639. The largest absolute Gasteiger partial charge is 0.490 e. The standard InChI is InChI=1S/C17H26N2O/c1-16(2)15(17(16,3)4)14(19-18)11-6-5-7-13(10-11)20-12-8-9-12/h5-7,10,12,14-15,19H,8-9,18H2,1-4H3. The molecule has 0 spiro atoms. The number of hydrogen-bond donors (Lipinski definition) is 2. The van der Waals surface area contributed by atoms with Crippen LogP contribution in [0, 0.1) is 16.7 Å². The van der Waals surface area contributed by atoms with Crippen LogP contribution in [0.25, 0.3) is 0 Å². The lowest BCUT2D eigenvalue weighted by atomic mass is 9.97. The summed E-state index contributed by atoms with van der Waals surface area (Å²) in [5, 5.41) is 0. The van der Waals surface area contributed by atoms with E-state index in [0.29, 0.717) is 22.9 Å². The van der Waals surface area contributed by atoms with Crippen molar-refractivity contribution < 1.29 is 4.74 Å².